The number of likely N-dealkylation sites (N-methyl/N-ethyl adjacent to an activating group) is 1. The van der Waals surface area contributed by atoms with Crippen molar-refractivity contribution in [2.75, 3.05) is 20.1 Å². The lowest BCUT2D eigenvalue weighted by atomic mass is 10.2. The Morgan fingerprint density at radius 1 is 1.47 bits per heavy atom. The van der Waals surface area contributed by atoms with E-state index in [1.165, 1.54) is 17.7 Å². The van der Waals surface area contributed by atoms with Crippen LogP contribution < -0.4 is 5.32 Å². The normalized spacial score (nSPS) is 13.2. The maximum atomic E-state index is 5.93. The second-order valence-corrected chi connectivity index (χ2v) is 6.33. The Kier molecular flexibility index (Phi) is 7.12. The van der Waals surface area contributed by atoms with Gasteiger partial charge in [0.15, 0.2) is 0 Å². The summed E-state index contributed by atoms with van der Waals surface area (Å²) >= 11 is 7.60. The van der Waals surface area contributed by atoms with Crippen molar-refractivity contribution in [2.24, 2.45) is 0 Å². The molecule has 0 aliphatic heterocycles. The topological polar surface area (TPSA) is 15.3 Å². The van der Waals surface area contributed by atoms with Gasteiger partial charge in [0.2, 0.25) is 0 Å². The predicted octanol–water partition coefficient (Wildman–Crippen LogP) is 3.61. The average Bonchev–Trinajstić information content (AvgIpc) is 2.70. The van der Waals surface area contributed by atoms with Gasteiger partial charge in [-0.2, -0.15) is 0 Å². The Morgan fingerprint density at radius 2 is 2.24 bits per heavy atom. The van der Waals surface area contributed by atoms with Gasteiger partial charge >= 0.3 is 0 Å². The van der Waals surface area contributed by atoms with Gasteiger partial charge in [-0.15, -0.1) is 11.3 Å². The summed E-state index contributed by atoms with van der Waals surface area (Å²) in [6.45, 7) is 7.63. The zero-order valence-electron chi connectivity index (χ0n) is 11.0. The van der Waals surface area contributed by atoms with Crippen LogP contribution in [0.2, 0.25) is 4.34 Å². The lowest BCUT2D eigenvalue weighted by Gasteiger charge is -2.24. The van der Waals surface area contributed by atoms with Gasteiger partial charge < -0.3 is 5.32 Å². The summed E-state index contributed by atoms with van der Waals surface area (Å²) in [7, 11) is 2.17. The molecular weight excluding hydrogens is 252 g/mol. The molecule has 0 radical (unpaired) electrons. The van der Waals surface area contributed by atoms with Crippen molar-refractivity contribution in [2.45, 2.75) is 39.3 Å². The molecule has 1 rings (SSSR count). The van der Waals surface area contributed by atoms with Gasteiger partial charge in [-0.3, -0.25) is 4.90 Å². The van der Waals surface area contributed by atoms with E-state index in [0.29, 0.717) is 6.04 Å². The number of rotatable bonds is 8. The first-order valence-electron chi connectivity index (χ1n) is 6.28. The molecule has 4 heteroatoms. The first-order chi connectivity index (χ1) is 8.13. The molecular formula is C13H23ClN2S. The van der Waals surface area contributed by atoms with Crippen LogP contribution >= 0.6 is 22.9 Å². The maximum absolute atomic E-state index is 5.93. The van der Waals surface area contributed by atoms with Gasteiger partial charge in [-0.1, -0.05) is 24.9 Å². The standard InChI is InChI=1S/C13H23ClN2S/c1-4-5-8-15-9-11(2)16(3)10-12-6-7-13(14)17-12/h6-7,11,15H,4-5,8-10H2,1-3H3. The van der Waals surface area contributed by atoms with Crippen molar-refractivity contribution in [3.63, 3.8) is 0 Å². The summed E-state index contributed by atoms with van der Waals surface area (Å²) in [5.41, 5.74) is 0. The molecule has 0 aliphatic rings. The zero-order valence-corrected chi connectivity index (χ0v) is 12.6. The fourth-order valence-corrected chi connectivity index (χ4v) is 2.76. The van der Waals surface area contributed by atoms with Crippen molar-refractivity contribution in [3.8, 4) is 0 Å². The lowest BCUT2D eigenvalue weighted by Crippen LogP contribution is -2.37. The predicted molar refractivity (Wildman–Crippen MR) is 78.0 cm³/mol. The van der Waals surface area contributed by atoms with E-state index >= 15 is 0 Å². The van der Waals surface area contributed by atoms with E-state index in [-0.39, 0.29) is 0 Å². The Balaban J connectivity index is 2.24. The van der Waals surface area contributed by atoms with Crippen LogP contribution in [0.5, 0.6) is 0 Å². The van der Waals surface area contributed by atoms with E-state index < -0.39 is 0 Å². The zero-order chi connectivity index (χ0) is 12.7. The van der Waals surface area contributed by atoms with Crippen LogP contribution in [0.4, 0.5) is 0 Å². The molecule has 0 fully saturated rings. The van der Waals surface area contributed by atoms with Gasteiger partial charge in [0.25, 0.3) is 0 Å². The van der Waals surface area contributed by atoms with Crippen LogP contribution in [0.15, 0.2) is 12.1 Å². The summed E-state index contributed by atoms with van der Waals surface area (Å²) in [6.07, 6.45) is 2.52. The highest BCUT2D eigenvalue weighted by atomic mass is 35.5. The third-order valence-corrected chi connectivity index (χ3v) is 4.15. The van der Waals surface area contributed by atoms with Gasteiger partial charge in [0.1, 0.15) is 0 Å². The molecule has 17 heavy (non-hydrogen) atoms. The van der Waals surface area contributed by atoms with Crippen LogP contribution in [0.3, 0.4) is 0 Å². The summed E-state index contributed by atoms with van der Waals surface area (Å²) in [5.74, 6) is 0. The molecule has 98 valence electrons. The molecule has 0 amide bonds. The number of hydrogen-bond donors (Lipinski definition) is 1. The minimum atomic E-state index is 0.549. The quantitative estimate of drug-likeness (QED) is 0.729. The molecule has 1 heterocycles. The van der Waals surface area contributed by atoms with Crippen LogP contribution in [0.1, 0.15) is 31.6 Å². The van der Waals surface area contributed by atoms with Crippen molar-refractivity contribution in [1.82, 2.24) is 10.2 Å². The average molecular weight is 275 g/mol. The molecule has 0 saturated carbocycles. The van der Waals surface area contributed by atoms with Crippen molar-refractivity contribution in [1.29, 1.82) is 0 Å². The fourth-order valence-electron chi connectivity index (χ4n) is 1.61. The smallest absolute Gasteiger partial charge is 0.0931 e. The fraction of sp³-hybridized carbons (Fsp3) is 0.692. The minimum absolute atomic E-state index is 0.549. The van der Waals surface area contributed by atoms with Crippen LogP contribution in [0.25, 0.3) is 0 Å². The van der Waals surface area contributed by atoms with E-state index in [9.17, 15) is 0 Å². The third kappa shape index (κ3) is 5.87. The number of halogens is 1. The molecule has 1 atom stereocenters. The summed E-state index contributed by atoms with van der Waals surface area (Å²) in [4.78, 5) is 3.69. The Hall–Kier alpha value is -0.0900. The summed E-state index contributed by atoms with van der Waals surface area (Å²) < 4.78 is 0.877. The molecule has 1 N–H and O–H groups in total. The largest absolute Gasteiger partial charge is 0.315 e. The highest BCUT2D eigenvalue weighted by Gasteiger charge is 2.10. The number of thiophene rings is 1. The number of hydrogen-bond acceptors (Lipinski definition) is 3. The highest BCUT2D eigenvalue weighted by molar-refractivity contribution is 7.16. The molecule has 0 aliphatic carbocycles. The number of unbranched alkanes of at least 4 members (excludes halogenated alkanes) is 1. The van der Waals surface area contributed by atoms with Crippen molar-refractivity contribution < 1.29 is 0 Å². The molecule has 1 aromatic heterocycles. The van der Waals surface area contributed by atoms with E-state index in [1.807, 2.05) is 6.07 Å². The minimum Gasteiger partial charge on any atom is -0.315 e. The Morgan fingerprint density at radius 3 is 2.82 bits per heavy atom. The molecule has 0 bridgehead atoms. The van der Waals surface area contributed by atoms with E-state index in [1.54, 1.807) is 11.3 Å². The third-order valence-electron chi connectivity index (χ3n) is 2.93. The Labute approximate surface area is 114 Å². The monoisotopic (exact) mass is 274 g/mol. The van der Waals surface area contributed by atoms with Crippen molar-refractivity contribution >= 4 is 22.9 Å². The Bertz CT molecular complexity index is 314. The van der Waals surface area contributed by atoms with E-state index in [2.05, 4.69) is 37.2 Å². The van der Waals surface area contributed by atoms with Gasteiger partial charge in [-0.05, 0) is 39.1 Å². The first-order valence-corrected chi connectivity index (χ1v) is 7.48. The highest BCUT2D eigenvalue weighted by Crippen LogP contribution is 2.22. The summed E-state index contributed by atoms with van der Waals surface area (Å²) in [5, 5.41) is 3.49. The number of nitrogens with one attached hydrogen (secondary N) is 1. The van der Waals surface area contributed by atoms with Gasteiger partial charge in [0, 0.05) is 24.0 Å². The summed E-state index contributed by atoms with van der Waals surface area (Å²) in [6, 6.07) is 4.63. The van der Waals surface area contributed by atoms with E-state index in [4.69, 9.17) is 11.6 Å². The first kappa shape index (κ1) is 15.0. The molecule has 0 saturated heterocycles. The van der Waals surface area contributed by atoms with E-state index in [0.717, 1.165) is 24.0 Å². The lowest BCUT2D eigenvalue weighted by molar-refractivity contribution is 0.245. The van der Waals surface area contributed by atoms with Crippen LogP contribution in [0, 0.1) is 0 Å². The molecule has 1 aromatic rings. The van der Waals surface area contributed by atoms with Crippen LogP contribution in [-0.2, 0) is 6.54 Å². The molecule has 0 aromatic carbocycles. The maximum Gasteiger partial charge on any atom is 0.0931 e. The van der Waals surface area contributed by atoms with Gasteiger partial charge in [0.05, 0.1) is 4.34 Å². The SMILES string of the molecule is CCCCNCC(C)N(C)Cc1ccc(Cl)s1. The van der Waals surface area contributed by atoms with Gasteiger partial charge in [-0.25, -0.2) is 0 Å². The molecule has 2 nitrogen and oxygen atoms in total. The molecule has 1 unspecified atom stereocenters. The second kappa shape index (κ2) is 8.09. The van der Waals surface area contributed by atoms with Crippen LogP contribution in [-0.4, -0.2) is 31.1 Å². The molecule has 0 spiro atoms. The van der Waals surface area contributed by atoms with Crippen molar-refractivity contribution in [3.05, 3.63) is 21.3 Å². The number of nitrogens with zero attached hydrogens (tertiary/aromatic N) is 1. The second-order valence-electron chi connectivity index (χ2n) is 4.53.